The molecule has 3 nitrogen and oxygen atoms in total. The Morgan fingerprint density at radius 3 is 2.26 bits per heavy atom. The van der Waals surface area contributed by atoms with Crippen LogP contribution in [-0.2, 0) is 11.0 Å². The SMILES string of the molecule is CC(C)(C)[S@](=O)N[C@@H]1C(F)(F)CCC12CCNCC2. The quantitative estimate of drug-likeness (QED) is 0.820. The molecule has 1 aliphatic heterocycles. The highest BCUT2D eigenvalue weighted by Crippen LogP contribution is 2.52. The third-order valence-corrected chi connectivity index (χ3v) is 5.93. The lowest BCUT2D eigenvalue weighted by Gasteiger charge is -2.41. The van der Waals surface area contributed by atoms with Gasteiger partial charge in [-0.05, 0) is 58.5 Å². The highest BCUT2D eigenvalue weighted by molar-refractivity contribution is 7.84. The fourth-order valence-electron chi connectivity index (χ4n) is 3.11. The topological polar surface area (TPSA) is 41.1 Å². The fourth-order valence-corrected chi connectivity index (χ4v) is 4.10. The van der Waals surface area contributed by atoms with Gasteiger partial charge in [0.25, 0.3) is 5.92 Å². The molecular weight excluding hydrogens is 270 g/mol. The summed E-state index contributed by atoms with van der Waals surface area (Å²) < 4.78 is 42.8. The van der Waals surface area contributed by atoms with Gasteiger partial charge in [0.1, 0.15) is 0 Å². The number of rotatable bonds is 2. The summed E-state index contributed by atoms with van der Waals surface area (Å²) in [7, 11) is -1.45. The first-order valence-electron chi connectivity index (χ1n) is 6.94. The van der Waals surface area contributed by atoms with Crippen molar-refractivity contribution < 1.29 is 13.0 Å². The average molecular weight is 294 g/mol. The number of halogens is 2. The van der Waals surface area contributed by atoms with Gasteiger partial charge in [-0.2, -0.15) is 0 Å². The van der Waals surface area contributed by atoms with Gasteiger partial charge in [-0.15, -0.1) is 0 Å². The van der Waals surface area contributed by atoms with Gasteiger partial charge in [0.15, 0.2) is 0 Å². The number of nitrogens with one attached hydrogen (secondary N) is 2. The lowest BCUT2D eigenvalue weighted by molar-refractivity contribution is -0.0348. The summed E-state index contributed by atoms with van der Waals surface area (Å²) in [4.78, 5) is 0. The molecule has 2 fully saturated rings. The average Bonchev–Trinajstić information content (AvgIpc) is 2.54. The van der Waals surface area contributed by atoms with Crippen LogP contribution in [0.1, 0.15) is 46.5 Å². The van der Waals surface area contributed by atoms with Crippen molar-refractivity contribution in [2.45, 2.75) is 63.2 Å². The van der Waals surface area contributed by atoms with Crippen molar-refractivity contribution in [3.05, 3.63) is 0 Å². The molecule has 1 aliphatic carbocycles. The first kappa shape index (κ1) is 15.3. The van der Waals surface area contributed by atoms with Crippen molar-refractivity contribution in [2.75, 3.05) is 13.1 Å². The molecule has 2 atom stereocenters. The molecule has 19 heavy (non-hydrogen) atoms. The molecule has 0 radical (unpaired) electrons. The largest absolute Gasteiger partial charge is 0.317 e. The van der Waals surface area contributed by atoms with E-state index in [9.17, 15) is 13.0 Å². The van der Waals surface area contributed by atoms with Crippen molar-refractivity contribution in [3.63, 3.8) is 0 Å². The van der Waals surface area contributed by atoms with Crippen LogP contribution < -0.4 is 10.0 Å². The minimum absolute atomic E-state index is 0.0913. The van der Waals surface area contributed by atoms with Crippen molar-refractivity contribution in [1.82, 2.24) is 10.0 Å². The summed E-state index contributed by atoms with van der Waals surface area (Å²) in [5.41, 5.74) is -0.393. The van der Waals surface area contributed by atoms with E-state index >= 15 is 0 Å². The van der Waals surface area contributed by atoms with Crippen LogP contribution in [0.15, 0.2) is 0 Å². The van der Waals surface area contributed by atoms with E-state index in [1.54, 1.807) is 20.8 Å². The third-order valence-electron chi connectivity index (χ3n) is 4.37. The molecule has 0 aromatic rings. The normalized spacial score (nSPS) is 31.5. The zero-order chi connectivity index (χ0) is 14.3. The fraction of sp³-hybridized carbons (Fsp3) is 1.00. The molecule has 1 spiro atoms. The van der Waals surface area contributed by atoms with E-state index in [-0.39, 0.29) is 6.42 Å². The number of alkyl halides is 2. The number of piperidine rings is 1. The first-order chi connectivity index (χ1) is 8.67. The van der Waals surface area contributed by atoms with Crippen LogP contribution in [-0.4, -0.2) is 34.0 Å². The summed E-state index contributed by atoms with van der Waals surface area (Å²) in [6.07, 6.45) is 1.91. The predicted molar refractivity (Wildman–Crippen MR) is 73.5 cm³/mol. The van der Waals surface area contributed by atoms with Crippen molar-refractivity contribution >= 4 is 11.0 Å². The van der Waals surface area contributed by atoms with Crippen LogP contribution in [0.3, 0.4) is 0 Å². The van der Waals surface area contributed by atoms with Gasteiger partial charge in [0.05, 0.1) is 21.8 Å². The molecule has 0 unspecified atom stereocenters. The van der Waals surface area contributed by atoms with E-state index in [0.29, 0.717) is 6.42 Å². The minimum atomic E-state index is -2.75. The zero-order valence-corrected chi connectivity index (χ0v) is 12.7. The maximum atomic E-state index is 14.2. The number of hydrogen-bond acceptors (Lipinski definition) is 2. The molecule has 0 amide bonds. The standard InChI is InChI=1S/C13H24F2N2OS/c1-11(2,3)19(18)17-10-12(4-5-13(10,14)15)6-8-16-9-7-12/h10,16-17H,4-9H2,1-3H3/t10-,19-/m0/s1. The predicted octanol–water partition coefficient (Wildman–Crippen LogP) is 2.21. The van der Waals surface area contributed by atoms with Crippen molar-refractivity contribution in [3.8, 4) is 0 Å². The van der Waals surface area contributed by atoms with Crippen LogP contribution in [0.5, 0.6) is 0 Å². The minimum Gasteiger partial charge on any atom is -0.317 e. The second kappa shape index (κ2) is 5.04. The maximum Gasteiger partial charge on any atom is 0.264 e. The summed E-state index contributed by atoms with van der Waals surface area (Å²) in [6, 6.07) is -0.956. The molecular formula is C13H24F2N2OS. The van der Waals surface area contributed by atoms with Crippen LogP contribution in [0.4, 0.5) is 8.78 Å². The number of hydrogen-bond donors (Lipinski definition) is 2. The van der Waals surface area contributed by atoms with E-state index in [2.05, 4.69) is 10.0 Å². The van der Waals surface area contributed by atoms with Gasteiger partial charge in [-0.25, -0.2) is 17.7 Å². The van der Waals surface area contributed by atoms with Crippen LogP contribution in [0, 0.1) is 5.41 Å². The van der Waals surface area contributed by atoms with Crippen LogP contribution in [0.25, 0.3) is 0 Å². The lowest BCUT2D eigenvalue weighted by atomic mass is 9.74. The van der Waals surface area contributed by atoms with Crippen LogP contribution >= 0.6 is 0 Å². The van der Waals surface area contributed by atoms with E-state index in [1.807, 2.05) is 0 Å². The molecule has 0 aromatic carbocycles. The summed E-state index contributed by atoms with van der Waals surface area (Å²) in [5, 5.41) is 3.22. The van der Waals surface area contributed by atoms with Gasteiger partial charge >= 0.3 is 0 Å². The van der Waals surface area contributed by atoms with Gasteiger partial charge < -0.3 is 5.32 Å². The second-order valence-electron chi connectivity index (χ2n) is 6.81. The van der Waals surface area contributed by atoms with E-state index in [1.165, 1.54) is 0 Å². The Labute approximate surface area is 116 Å². The Kier molecular flexibility index (Phi) is 4.06. The second-order valence-corrected chi connectivity index (χ2v) is 8.80. The molecule has 2 N–H and O–H groups in total. The molecule has 2 aliphatic rings. The molecule has 0 bridgehead atoms. The summed E-state index contributed by atoms with van der Waals surface area (Å²) >= 11 is 0. The molecule has 6 heteroatoms. The zero-order valence-electron chi connectivity index (χ0n) is 11.9. The molecule has 0 aromatic heterocycles. The summed E-state index contributed by atoms with van der Waals surface area (Å²) in [6.45, 7) is 6.96. The molecule has 2 rings (SSSR count). The third kappa shape index (κ3) is 3.00. The van der Waals surface area contributed by atoms with Gasteiger partial charge in [0, 0.05) is 6.42 Å². The summed E-state index contributed by atoms with van der Waals surface area (Å²) in [5.74, 6) is -2.75. The van der Waals surface area contributed by atoms with E-state index < -0.39 is 33.1 Å². The maximum absolute atomic E-state index is 14.2. The Morgan fingerprint density at radius 1 is 1.16 bits per heavy atom. The van der Waals surface area contributed by atoms with Gasteiger partial charge in [-0.3, -0.25) is 0 Å². The molecule has 1 heterocycles. The lowest BCUT2D eigenvalue weighted by Crippen LogP contribution is -2.56. The van der Waals surface area contributed by atoms with Gasteiger partial charge in [0.2, 0.25) is 0 Å². The Morgan fingerprint density at radius 2 is 1.74 bits per heavy atom. The Balaban J connectivity index is 2.19. The highest BCUT2D eigenvalue weighted by atomic mass is 32.2. The highest BCUT2D eigenvalue weighted by Gasteiger charge is 2.59. The van der Waals surface area contributed by atoms with Crippen LogP contribution in [0.2, 0.25) is 0 Å². The van der Waals surface area contributed by atoms with Crippen molar-refractivity contribution in [1.29, 1.82) is 0 Å². The first-order valence-corrected chi connectivity index (χ1v) is 8.09. The smallest absolute Gasteiger partial charge is 0.264 e. The monoisotopic (exact) mass is 294 g/mol. The Hall–Kier alpha value is -0.0700. The van der Waals surface area contributed by atoms with E-state index in [4.69, 9.17) is 0 Å². The van der Waals surface area contributed by atoms with Crippen molar-refractivity contribution in [2.24, 2.45) is 5.41 Å². The molecule has 112 valence electrons. The van der Waals surface area contributed by atoms with Gasteiger partial charge in [-0.1, -0.05) is 0 Å². The van der Waals surface area contributed by atoms with E-state index in [0.717, 1.165) is 25.9 Å². The molecule has 1 saturated carbocycles. The Bertz CT molecular complexity index is 362. The molecule has 1 saturated heterocycles.